The topological polar surface area (TPSA) is 28.2 Å². The molecule has 0 saturated carbocycles. The highest BCUT2D eigenvalue weighted by atomic mass is 79.9. The molecule has 0 bridgehead atoms. The van der Waals surface area contributed by atoms with E-state index in [2.05, 4.69) is 31.3 Å². The van der Waals surface area contributed by atoms with E-state index in [4.69, 9.17) is 0 Å². The third-order valence-corrected chi connectivity index (χ3v) is 3.27. The standard InChI is InChI=1S/C11H15BrFN3/c12-11-10(13)7-9(8-14-11)15-16-5-3-1-2-4-6-16/h7-8,15H,1-6H2. The quantitative estimate of drug-likeness (QED) is 0.847. The molecule has 1 aromatic heterocycles. The monoisotopic (exact) mass is 287 g/mol. The van der Waals surface area contributed by atoms with Crippen LogP contribution in [0.15, 0.2) is 16.9 Å². The summed E-state index contributed by atoms with van der Waals surface area (Å²) in [7, 11) is 0. The van der Waals surface area contributed by atoms with Gasteiger partial charge in [-0.25, -0.2) is 14.4 Å². The lowest BCUT2D eigenvalue weighted by atomic mass is 10.2. The van der Waals surface area contributed by atoms with Crippen LogP contribution in [0.3, 0.4) is 0 Å². The van der Waals surface area contributed by atoms with Crippen molar-refractivity contribution in [2.24, 2.45) is 0 Å². The first-order valence-electron chi connectivity index (χ1n) is 5.58. The van der Waals surface area contributed by atoms with Crippen LogP contribution >= 0.6 is 15.9 Å². The molecule has 2 heterocycles. The molecule has 2 rings (SSSR count). The first kappa shape index (κ1) is 11.8. The Morgan fingerprint density at radius 1 is 1.25 bits per heavy atom. The van der Waals surface area contributed by atoms with Crippen LogP contribution in [-0.4, -0.2) is 23.1 Å². The zero-order valence-corrected chi connectivity index (χ0v) is 10.6. The molecule has 0 aromatic carbocycles. The van der Waals surface area contributed by atoms with Crippen molar-refractivity contribution >= 4 is 21.6 Å². The van der Waals surface area contributed by atoms with E-state index in [1.165, 1.54) is 31.7 Å². The zero-order valence-electron chi connectivity index (χ0n) is 9.05. The number of hydrogen-bond donors (Lipinski definition) is 1. The highest BCUT2D eigenvalue weighted by Gasteiger charge is 2.09. The summed E-state index contributed by atoms with van der Waals surface area (Å²) in [6.45, 7) is 2.02. The number of pyridine rings is 1. The lowest BCUT2D eigenvalue weighted by Gasteiger charge is -2.21. The molecule has 1 fully saturated rings. The second-order valence-electron chi connectivity index (χ2n) is 4.01. The Kier molecular flexibility index (Phi) is 4.12. The fourth-order valence-electron chi connectivity index (χ4n) is 1.85. The Bertz CT molecular complexity index is 351. The van der Waals surface area contributed by atoms with Crippen LogP contribution in [0.5, 0.6) is 0 Å². The van der Waals surface area contributed by atoms with Crippen molar-refractivity contribution < 1.29 is 4.39 Å². The molecule has 88 valence electrons. The molecule has 0 amide bonds. The number of hydrazine groups is 1. The van der Waals surface area contributed by atoms with Gasteiger partial charge < -0.3 is 5.43 Å². The molecule has 0 radical (unpaired) electrons. The Morgan fingerprint density at radius 3 is 2.56 bits per heavy atom. The van der Waals surface area contributed by atoms with Crippen molar-refractivity contribution in [2.75, 3.05) is 18.5 Å². The number of halogens is 2. The minimum absolute atomic E-state index is 0.258. The molecule has 1 saturated heterocycles. The van der Waals surface area contributed by atoms with E-state index in [9.17, 15) is 4.39 Å². The van der Waals surface area contributed by atoms with Crippen molar-refractivity contribution in [3.05, 3.63) is 22.7 Å². The van der Waals surface area contributed by atoms with E-state index in [0.29, 0.717) is 5.69 Å². The zero-order chi connectivity index (χ0) is 11.4. The summed E-state index contributed by atoms with van der Waals surface area (Å²) in [5, 5.41) is 2.14. The van der Waals surface area contributed by atoms with E-state index in [0.717, 1.165) is 13.1 Å². The van der Waals surface area contributed by atoms with Gasteiger partial charge in [0.1, 0.15) is 4.60 Å². The minimum Gasteiger partial charge on any atom is -0.317 e. The third kappa shape index (κ3) is 3.15. The van der Waals surface area contributed by atoms with Gasteiger partial charge in [-0.3, -0.25) is 0 Å². The van der Waals surface area contributed by atoms with Gasteiger partial charge in [-0.1, -0.05) is 12.8 Å². The van der Waals surface area contributed by atoms with Gasteiger partial charge in [0, 0.05) is 19.2 Å². The molecule has 1 aromatic rings. The van der Waals surface area contributed by atoms with Crippen LogP contribution in [0.4, 0.5) is 10.1 Å². The van der Waals surface area contributed by atoms with Gasteiger partial charge in [-0.15, -0.1) is 0 Å². The van der Waals surface area contributed by atoms with E-state index in [-0.39, 0.29) is 10.4 Å². The largest absolute Gasteiger partial charge is 0.317 e. The van der Waals surface area contributed by atoms with Gasteiger partial charge in [0.05, 0.1) is 11.9 Å². The Hall–Kier alpha value is -0.680. The molecule has 0 unspecified atom stereocenters. The van der Waals surface area contributed by atoms with Crippen molar-refractivity contribution in [3.63, 3.8) is 0 Å². The SMILES string of the molecule is Fc1cc(NN2CCCCCC2)cnc1Br. The lowest BCUT2D eigenvalue weighted by Crippen LogP contribution is -2.30. The minimum atomic E-state index is -0.333. The van der Waals surface area contributed by atoms with Crippen LogP contribution in [0.2, 0.25) is 0 Å². The summed E-state index contributed by atoms with van der Waals surface area (Å²) in [4.78, 5) is 3.92. The number of anilines is 1. The van der Waals surface area contributed by atoms with Gasteiger partial charge >= 0.3 is 0 Å². The summed E-state index contributed by atoms with van der Waals surface area (Å²) in [5.74, 6) is -0.333. The van der Waals surface area contributed by atoms with Crippen molar-refractivity contribution in [1.82, 2.24) is 9.99 Å². The van der Waals surface area contributed by atoms with Crippen molar-refractivity contribution in [1.29, 1.82) is 0 Å². The average Bonchev–Trinajstić information content (AvgIpc) is 2.52. The second-order valence-corrected chi connectivity index (χ2v) is 4.76. The molecular formula is C11H15BrFN3. The maximum absolute atomic E-state index is 13.2. The smallest absolute Gasteiger partial charge is 0.158 e. The van der Waals surface area contributed by atoms with E-state index in [1.807, 2.05) is 0 Å². The molecule has 0 aliphatic carbocycles. The molecule has 16 heavy (non-hydrogen) atoms. The molecule has 1 aliphatic rings. The first-order chi connectivity index (χ1) is 7.75. The van der Waals surface area contributed by atoms with Crippen LogP contribution in [0.25, 0.3) is 0 Å². The highest BCUT2D eigenvalue weighted by molar-refractivity contribution is 9.10. The van der Waals surface area contributed by atoms with E-state index in [1.54, 1.807) is 6.20 Å². The van der Waals surface area contributed by atoms with Gasteiger partial charge in [0.25, 0.3) is 0 Å². The van der Waals surface area contributed by atoms with Crippen molar-refractivity contribution in [3.8, 4) is 0 Å². The number of aromatic nitrogens is 1. The van der Waals surface area contributed by atoms with Crippen LogP contribution < -0.4 is 5.43 Å². The van der Waals surface area contributed by atoms with Crippen LogP contribution in [-0.2, 0) is 0 Å². The summed E-state index contributed by atoms with van der Waals surface area (Å²) in [5.41, 5.74) is 3.91. The van der Waals surface area contributed by atoms with Gasteiger partial charge in [-0.05, 0) is 28.8 Å². The maximum atomic E-state index is 13.2. The predicted molar refractivity (Wildman–Crippen MR) is 65.6 cm³/mol. The highest BCUT2D eigenvalue weighted by Crippen LogP contribution is 2.17. The Balaban J connectivity index is 1.99. The summed E-state index contributed by atoms with van der Waals surface area (Å²) in [6.07, 6.45) is 6.59. The first-order valence-corrected chi connectivity index (χ1v) is 6.37. The van der Waals surface area contributed by atoms with Gasteiger partial charge in [0.15, 0.2) is 5.82 Å². The lowest BCUT2D eigenvalue weighted by molar-refractivity contribution is 0.343. The Morgan fingerprint density at radius 2 is 1.94 bits per heavy atom. The van der Waals surface area contributed by atoms with Crippen molar-refractivity contribution in [2.45, 2.75) is 25.7 Å². The summed E-state index contributed by atoms with van der Waals surface area (Å²) < 4.78 is 13.5. The fourth-order valence-corrected chi connectivity index (χ4v) is 2.06. The van der Waals surface area contributed by atoms with Crippen LogP contribution in [0.1, 0.15) is 25.7 Å². The maximum Gasteiger partial charge on any atom is 0.158 e. The van der Waals surface area contributed by atoms with E-state index < -0.39 is 0 Å². The second kappa shape index (κ2) is 5.59. The molecule has 1 aliphatic heterocycles. The average molecular weight is 288 g/mol. The summed E-state index contributed by atoms with van der Waals surface area (Å²) >= 11 is 3.04. The number of nitrogens with zero attached hydrogens (tertiary/aromatic N) is 2. The molecule has 0 atom stereocenters. The normalized spacial score (nSPS) is 18.1. The molecule has 5 heteroatoms. The van der Waals surface area contributed by atoms with Gasteiger partial charge in [-0.2, -0.15) is 0 Å². The number of hydrogen-bond acceptors (Lipinski definition) is 3. The third-order valence-electron chi connectivity index (χ3n) is 2.69. The predicted octanol–water partition coefficient (Wildman–Crippen LogP) is 3.19. The fraction of sp³-hybridized carbons (Fsp3) is 0.545. The molecule has 0 spiro atoms. The molecule has 1 N–H and O–H groups in total. The number of rotatable bonds is 2. The summed E-state index contributed by atoms with van der Waals surface area (Å²) in [6, 6.07) is 1.46. The molecular weight excluding hydrogens is 273 g/mol. The van der Waals surface area contributed by atoms with Crippen LogP contribution in [0, 0.1) is 5.82 Å². The van der Waals surface area contributed by atoms with Gasteiger partial charge in [0.2, 0.25) is 0 Å². The molecule has 3 nitrogen and oxygen atoms in total. The number of nitrogens with one attached hydrogen (secondary N) is 1. The van der Waals surface area contributed by atoms with E-state index >= 15 is 0 Å². The Labute approximate surface area is 103 Å².